The van der Waals surface area contributed by atoms with E-state index in [1.54, 1.807) is 13.2 Å². The molecule has 2 aromatic rings. The van der Waals surface area contributed by atoms with Gasteiger partial charge in [0.2, 0.25) is 5.88 Å². The topological polar surface area (TPSA) is 46.2 Å². The summed E-state index contributed by atoms with van der Waals surface area (Å²) >= 11 is 0. The first-order chi connectivity index (χ1) is 10.3. The van der Waals surface area contributed by atoms with Gasteiger partial charge in [0.25, 0.3) is 0 Å². The molecule has 0 fully saturated rings. The van der Waals surface area contributed by atoms with Gasteiger partial charge in [-0.15, -0.1) is 0 Å². The van der Waals surface area contributed by atoms with Crippen molar-refractivity contribution < 1.29 is 9.13 Å². The number of rotatable bonds is 8. The lowest BCUT2D eigenvalue weighted by atomic mass is 10.3. The monoisotopic (exact) mass is 289 g/mol. The Morgan fingerprint density at radius 3 is 2.81 bits per heavy atom. The maximum absolute atomic E-state index is 13.0. The Labute approximate surface area is 124 Å². The minimum atomic E-state index is -0.220. The van der Waals surface area contributed by atoms with Gasteiger partial charge in [0, 0.05) is 24.8 Å². The highest BCUT2D eigenvalue weighted by atomic mass is 19.1. The molecule has 2 rings (SSSR count). The smallest absolute Gasteiger partial charge is 0.213 e. The number of hydrogen-bond acceptors (Lipinski definition) is 4. The molecule has 0 saturated heterocycles. The number of pyridine rings is 1. The predicted molar refractivity (Wildman–Crippen MR) is 82.0 cm³/mol. The number of aromatic nitrogens is 1. The fourth-order valence-corrected chi connectivity index (χ4v) is 1.93. The molecule has 0 spiro atoms. The lowest BCUT2D eigenvalue weighted by molar-refractivity contribution is 0.395. The van der Waals surface area contributed by atoms with Crippen molar-refractivity contribution in [3.63, 3.8) is 0 Å². The van der Waals surface area contributed by atoms with Gasteiger partial charge in [-0.2, -0.15) is 0 Å². The van der Waals surface area contributed by atoms with E-state index >= 15 is 0 Å². The molecule has 0 bridgehead atoms. The van der Waals surface area contributed by atoms with E-state index in [1.165, 1.54) is 12.1 Å². The fraction of sp³-hybridized carbons (Fsp3) is 0.312. The highest BCUT2D eigenvalue weighted by molar-refractivity contribution is 5.42. The van der Waals surface area contributed by atoms with Crippen molar-refractivity contribution in [2.24, 2.45) is 0 Å². The summed E-state index contributed by atoms with van der Waals surface area (Å²) in [4.78, 5) is 4.32. The maximum Gasteiger partial charge on any atom is 0.213 e. The van der Waals surface area contributed by atoms with Crippen LogP contribution in [0.5, 0.6) is 5.88 Å². The molecular weight excluding hydrogens is 269 g/mol. The number of nitrogens with zero attached hydrogens (tertiary/aromatic N) is 1. The number of nitrogens with one attached hydrogen (secondary N) is 2. The summed E-state index contributed by atoms with van der Waals surface area (Å²) in [7, 11) is 1.61. The average Bonchev–Trinajstić information content (AvgIpc) is 2.51. The lowest BCUT2D eigenvalue weighted by Crippen LogP contribution is -2.18. The molecule has 1 aromatic carbocycles. The van der Waals surface area contributed by atoms with Crippen LogP contribution in [0.1, 0.15) is 12.1 Å². The third-order valence-electron chi connectivity index (χ3n) is 2.98. The van der Waals surface area contributed by atoms with E-state index in [9.17, 15) is 4.39 Å². The maximum atomic E-state index is 13.0. The number of halogens is 1. The normalized spacial score (nSPS) is 10.4. The largest absolute Gasteiger partial charge is 0.481 e. The minimum Gasteiger partial charge on any atom is -0.481 e. The van der Waals surface area contributed by atoms with Crippen LogP contribution in [-0.2, 0) is 6.54 Å². The van der Waals surface area contributed by atoms with Crippen molar-refractivity contribution in [1.29, 1.82) is 0 Å². The Bertz CT molecular complexity index is 563. The van der Waals surface area contributed by atoms with Crippen LogP contribution in [0.2, 0.25) is 0 Å². The Kier molecular flexibility index (Phi) is 5.97. The second-order valence-electron chi connectivity index (χ2n) is 4.64. The third-order valence-corrected chi connectivity index (χ3v) is 2.98. The molecule has 0 aliphatic heterocycles. The molecule has 1 aromatic heterocycles. The van der Waals surface area contributed by atoms with Gasteiger partial charge in [-0.1, -0.05) is 12.1 Å². The van der Waals surface area contributed by atoms with Crippen LogP contribution >= 0.6 is 0 Å². The van der Waals surface area contributed by atoms with E-state index in [-0.39, 0.29) is 5.82 Å². The number of hydrogen-bond donors (Lipinski definition) is 2. The summed E-state index contributed by atoms with van der Waals surface area (Å²) in [5.41, 5.74) is 1.76. The number of methoxy groups -OCH3 is 1. The summed E-state index contributed by atoms with van der Waals surface area (Å²) in [6.07, 6.45) is 0.945. The Hall–Kier alpha value is -2.14. The minimum absolute atomic E-state index is 0.220. The standard InChI is InChI=1S/C16H20FN3O/c1-21-16-8-3-7-15(20-16)12-18-9-4-10-19-14-6-2-5-13(17)11-14/h2-3,5-8,11,18-19H,4,9-10,12H2,1H3. The van der Waals surface area contributed by atoms with Crippen LogP contribution in [-0.4, -0.2) is 25.2 Å². The molecule has 0 unspecified atom stereocenters. The Morgan fingerprint density at radius 2 is 2.00 bits per heavy atom. The van der Waals surface area contributed by atoms with Crippen molar-refractivity contribution in [3.05, 3.63) is 54.0 Å². The van der Waals surface area contributed by atoms with Crippen molar-refractivity contribution in [2.75, 3.05) is 25.5 Å². The van der Waals surface area contributed by atoms with Gasteiger partial charge in [0.15, 0.2) is 0 Å². The van der Waals surface area contributed by atoms with Crippen LogP contribution in [0.25, 0.3) is 0 Å². The molecule has 112 valence electrons. The second kappa shape index (κ2) is 8.21. The molecular formula is C16H20FN3O. The molecule has 0 radical (unpaired) electrons. The first-order valence-corrected chi connectivity index (χ1v) is 6.98. The van der Waals surface area contributed by atoms with Crippen LogP contribution in [0, 0.1) is 5.82 Å². The van der Waals surface area contributed by atoms with E-state index in [4.69, 9.17) is 4.74 Å². The summed E-state index contributed by atoms with van der Waals surface area (Å²) < 4.78 is 18.1. The highest BCUT2D eigenvalue weighted by Gasteiger charge is 1.97. The van der Waals surface area contributed by atoms with E-state index in [2.05, 4.69) is 15.6 Å². The average molecular weight is 289 g/mol. The first-order valence-electron chi connectivity index (χ1n) is 6.98. The van der Waals surface area contributed by atoms with Crippen LogP contribution in [0.15, 0.2) is 42.5 Å². The number of benzene rings is 1. The first kappa shape index (κ1) is 15.3. The van der Waals surface area contributed by atoms with Gasteiger partial charge in [-0.05, 0) is 37.2 Å². The van der Waals surface area contributed by atoms with Crippen molar-refractivity contribution in [2.45, 2.75) is 13.0 Å². The van der Waals surface area contributed by atoms with Crippen molar-refractivity contribution in [3.8, 4) is 5.88 Å². The van der Waals surface area contributed by atoms with Gasteiger partial charge >= 0.3 is 0 Å². The lowest BCUT2D eigenvalue weighted by Gasteiger charge is -2.08. The van der Waals surface area contributed by atoms with Gasteiger partial charge in [-0.3, -0.25) is 0 Å². The SMILES string of the molecule is COc1cccc(CNCCCNc2cccc(F)c2)n1. The zero-order valence-corrected chi connectivity index (χ0v) is 12.1. The summed E-state index contributed by atoms with van der Waals surface area (Å²) in [6.45, 7) is 2.36. The molecule has 0 saturated carbocycles. The summed E-state index contributed by atoms with van der Waals surface area (Å²) in [5, 5.41) is 6.51. The van der Waals surface area contributed by atoms with Gasteiger partial charge in [0.05, 0.1) is 12.8 Å². The number of ether oxygens (including phenoxy) is 1. The Balaban J connectivity index is 1.61. The molecule has 21 heavy (non-hydrogen) atoms. The van der Waals surface area contributed by atoms with E-state index in [0.717, 1.165) is 30.9 Å². The van der Waals surface area contributed by atoms with Gasteiger partial charge in [-0.25, -0.2) is 9.37 Å². The molecule has 0 aliphatic rings. The molecule has 1 heterocycles. The van der Waals surface area contributed by atoms with Crippen LogP contribution in [0.3, 0.4) is 0 Å². The summed E-state index contributed by atoms with van der Waals surface area (Å²) in [5.74, 6) is 0.407. The Morgan fingerprint density at radius 1 is 1.14 bits per heavy atom. The van der Waals surface area contributed by atoms with E-state index in [0.29, 0.717) is 12.4 Å². The van der Waals surface area contributed by atoms with Crippen molar-refractivity contribution in [1.82, 2.24) is 10.3 Å². The second-order valence-corrected chi connectivity index (χ2v) is 4.64. The molecule has 5 heteroatoms. The van der Waals surface area contributed by atoms with E-state index in [1.807, 2.05) is 24.3 Å². The quantitative estimate of drug-likeness (QED) is 0.734. The third kappa shape index (κ3) is 5.39. The molecule has 2 N–H and O–H groups in total. The van der Waals surface area contributed by atoms with Crippen LogP contribution in [0.4, 0.5) is 10.1 Å². The zero-order valence-electron chi connectivity index (χ0n) is 12.1. The van der Waals surface area contributed by atoms with Crippen LogP contribution < -0.4 is 15.4 Å². The molecule has 0 atom stereocenters. The zero-order chi connectivity index (χ0) is 14.9. The highest BCUT2D eigenvalue weighted by Crippen LogP contribution is 2.08. The molecule has 0 aliphatic carbocycles. The molecule has 0 amide bonds. The molecule has 4 nitrogen and oxygen atoms in total. The fourth-order valence-electron chi connectivity index (χ4n) is 1.93. The summed E-state index contributed by atoms with van der Waals surface area (Å²) in [6, 6.07) is 12.2. The van der Waals surface area contributed by atoms with E-state index < -0.39 is 0 Å². The van der Waals surface area contributed by atoms with Crippen molar-refractivity contribution >= 4 is 5.69 Å². The number of anilines is 1. The predicted octanol–water partition coefficient (Wildman–Crippen LogP) is 2.82. The van der Waals surface area contributed by atoms with Gasteiger partial charge < -0.3 is 15.4 Å². The van der Waals surface area contributed by atoms with Gasteiger partial charge in [0.1, 0.15) is 5.82 Å².